The van der Waals surface area contributed by atoms with E-state index in [9.17, 15) is 8.42 Å². The average molecular weight is 311 g/mol. The topological polar surface area (TPSA) is 50.5 Å². The fraction of sp³-hybridized carbons (Fsp3) is 0.750. The van der Waals surface area contributed by atoms with Gasteiger partial charge in [0, 0.05) is 30.6 Å². The smallest absolute Gasteiger partial charge is 0.150 e. The lowest BCUT2D eigenvalue weighted by atomic mass is 9.93. The van der Waals surface area contributed by atoms with Crippen molar-refractivity contribution in [3.63, 3.8) is 0 Å². The van der Waals surface area contributed by atoms with Crippen molar-refractivity contribution in [2.45, 2.75) is 39.7 Å². The Bertz CT molecular complexity index is 619. The lowest BCUT2D eigenvalue weighted by Crippen LogP contribution is -2.24. The third kappa shape index (κ3) is 3.04. The van der Waals surface area contributed by atoms with Crippen molar-refractivity contribution in [2.75, 3.05) is 24.6 Å². The molecular weight excluding hydrogens is 286 g/mol. The third-order valence-corrected chi connectivity index (χ3v) is 6.61. The molecule has 21 heavy (non-hydrogen) atoms. The first-order valence-corrected chi connectivity index (χ1v) is 9.49. The Morgan fingerprint density at radius 3 is 2.29 bits per heavy atom. The molecule has 0 amide bonds. The summed E-state index contributed by atoms with van der Waals surface area (Å²) in [5.74, 6) is 3.45. The van der Waals surface area contributed by atoms with E-state index in [2.05, 4.69) is 31.7 Å². The molecule has 2 aliphatic rings. The van der Waals surface area contributed by atoms with Gasteiger partial charge in [-0.3, -0.25) is 4.90 Å². The summed E-state index contributed by atoms with van der Waals surface area (Å²) in [4.78, 5) is 2.38. The molecule has 3 rings (SSSR count). The average Bonchev–Trinajstić information content (AvgIpc) is 2.90. The number of fused-ring (bicyclic) bond motifs is 1. The lowest BCUT2D eigenvalue weighted by molar-refractivity contribution is 0.311. The Morgan fingerprint density at radius 1 is 1.24 bits per heavy atom. The van der Waals surface area contributed by atoms with Crippen LogP contribution < -0.4 is 0 Å². The van der Waals surface area contributed by atoms with Crippen molar-refractivity contribution in [1.29, 1.82) is 0 Å². The molecular formula is C16H25NO3S. The maximum atomic E-state index is 11.6. The molecule has 118 valence electrons. The molecule has 0 N–H and O–H groups in total. The van der Waals surface area contributed by atoms with Crippen LogP contribution >= 0.6 is 0 Å². The number of hydrogen-bond acceptors (Lipinski definition) is 4. The number of aryl methyl sites for hydroxylation is 1. The molecule has 0 saturated carbocycles. The predicted molar refractivity (Wildman–Crippen MR) is 83.1 cm³/mol. The van der Waals surface area contributed by atoms with Crippen LogP contribution in [0.15, 0.2) is 10.5 Å². The van der Waals surface area contributed by atoms with Crippen LogP contribution in [-0.2, 0) is 21.8 Å². The van der Waals surface area contributed by atoms with Gasteiger partial charge in [0.2, 0.25) is 0 Å². The van der Waals surface area contributed by atoms with Gasteiger partial charge in [-0.25, -0.2) is 8.42 Å². The maximum absolute atomic E-state index is 11.6. The predicted octanol–water partition coefficient (Wildman–Crippen LogP) is 2.36. The van der Waals surface area contributed by atoms with Crippen LogP contribution in [-0.4, -0.2) is 37.9 Å². The minimum Gasteiger partial charge on any atom is -0.465 e. The Balaban J connectivity index is 1.68. The Kier molecular flexibility index (Phi) is 3.49. The third-order valence-electron chi connectivity index (χ3n) is 4.74. The van der Waals surface area contributed by atoms with Crippen LogP contribution in [0.5, 0.6) is 0 Å². The van der Waals surface area contributed by atoms with Gasteiger partial charge in [-0.1, -0.05) is 20.8 Å². The fourth-order valence-corrected chi connectivity index (χ4v) is 5.75. The van der Waals surface area contributed by atoms with Crippen molar-refractivity contribution in [3.05, 3.63) is 23.2 Å². The van der Waals surface area contributed by atoms with E-state index in [1.54, 1.807) is 0 Å². The van der Waals surface area contributed by atoms with E-state index in [1.165, 1.54) is 5.56 Å². The number of sulfone groups is 1. The van der Waals surface area contributed by atoms with E-state index in [1.807, 2.05) is 6.92 Å². The summed E-state index contributed by atoms with van der Waals surface area (Å²) in [5.41, 5.74) is 1.27. The monoisotopic (exact) mass is 311 g/mol. The second kappa shape index (κ2) is 4.85. The zero-order chi connectivity index (χ0) is 15.4. The van der Waals surface area contributed by atoms with Gasteiger partial charge in [-0.2, -0.15) is 0 Å². The summed E-state index contributed by atoms with van der Waals surface area (Å²) < 4.78 is 29.2. The molecule has 0 bridgehead atoms. The Labute approximate surface area is 127 Å². The molecule has 2 fully saturated rings. The summed E-state index contributed by atoms with van der Waals surface area (Å²) >= 11 is 0. The van der Waals surface area contributed by atoms with Gasteiger partial charge < -0.3 is 4.42 Å². The molecule has 0 aliphatic carbocycles. The molecule has 1 aromatic rings. The van der Waals surface area contributed by atoms with Crippen LogP contribution in [0.4, 0.5) is 0 Å². The van der Waals surface area contributed by atoms with Crippen molar-refractivity contribution < 1.29 is 12.8 Å². The molecule has 3 heterocycles. The summed E-state index contributed by atoms with van der Waals surface area (Å²) in [7, 11) is -2.77. The first-order valence-electron chi connectivity index (χ1n) is 7.66. The van der Waals surface area contributed by atoms with E-state index >= 15 is 0 Å². The SMILES string of the molecule is Cc1oc(C(C)(C)C)cc1CN1C[C@@H]2CS(=O)(=O)C[C@@H]2C1. The van der Waals surface area contributed by atoms with Crippen LogP contribution in [0, 0.1) is 18.8 Å². The zero-order valence-electron chi connectivity index (χ0n) is 13.3. The number of likely N-dealkylation sites (tertiary alicyclic amines) is 1. The molecule has 4 nitrogen and oxygen atoms in total. The standard InChI is InChI=1S/C16H25NO3S/c1-11-12(5-15(20-11)16(2,3)4)6-17-7-13-9-21(18,19)10-14(13)8-17/h5,13-14H,6-10H2,1-4H3/t13-,14+. The fourth-order valence-electron chi connectivity index (χ4n) is 3.55. The first kappa shape index (κ1) is 15.1. The van der Waals surface area contributed by atoms with Crippen LogP contribution in [0.25, 0.3) is 0 Å². The van der Waals surface area contributed by atoms with Gasteiger partial charge in [0.05, 0.1) is 11.5 Å². The Morgan fingerprint density at radius 2 is 1.81 bits per heavy atom. The van der Waals surface area contributed by atoms with Crippen LogP contribution in [0.3, 0.4) is 0 Å². The second-order valence-electron chi connectivity index (χ2n) is 7.73. The van der Waals surface area contributed by atoms with E-state index in [4.69, 9.17) is 4.42 Å². The van der Waals surface area contributed by atoms with E-state index in [0.717, 1.165) is 31.2 Å². The Hall–Kier alpha value is -0.810. The highest BCUT2D eigenvalue weighted by molar-refractivity contribution is 7.91. The molecule has 0 radical (unpaired) electrons. The number of rotatable bonds is 2. The van der Waals surface area contributed by atoms with Crippen molar-refractivity contribution in [3.8, 4) is 0 Å². The number of furan rings is 1. The normalized spacial score (nSPS) is 29.0. The van der Waals surface area contributed by atoms with Crippen LogP contribution in [0.2, 0.25) is 0 Å². The highest BCUT2D eigenvalue weighted by atomic mass is 32.2. The molecule has 0 spiro atoms. The lowest BCUT2D eigenvalue weighted by Gasteiger charge is -2.16. The molecule has 0 unspecified atom stereocenters. The molecule has 2 saturated heterocycles. The molecule has 2 aliphatic heterocycles. The van der Waals surface area contributed by atoms with Crippen LogP contribution in [0.1, 0.15) is 37.9 Å². The summed E-state index contributed by atoms with van der Waals surface area (Å²) in [6.45, 7) is 11.2. The summed E-state index contributed by atoms with van der Waals surface area (Å²) in [6, 6.07) is 2.17. The largest absolute Gasteiger partial charge is 0.465 e. The minimum absolute atomic E-state index is 0.0264. The molecule has 2 atom stereocenters. The van der Waals surface area contributed by atoms with Crippen molar-refractivity contribution in [2.24, 2.45) is 11.8 Å². The molecule has 0 aromatic carbocycles. The van der Waals surface area contributed by atoms with E-state index < -0.39 is 9.84 Å². The van der Waals surface area contributed by atoms with E-state index in [0.29, 0.717) is 23.3 Å². The molecule has 5 heteroatoms. The quantitative estimate of drug-likeness (QED) is 0.841. The van der Waals surface area contributed by atoms with Crippen molar-refractivity contribution >= 4 is 9.84 Å². The van der Waals surface area contributed by atoms with Gasteiger partial charge in [0.15, 0.2) is 9.84 Å². The van der Waals surface area contributed by atoms with Gasteiger partial charge in [-0.05, 0) is 24.8 Å². The zero-order valence-corrected chi connectivity index (χ0v) is 14.2. The highest BCUT2D eigenvalue weighted by Crippen LogP contribution is 2.34. The van der Waals surface area contributed by atoms with Crippen molar-refractivity contribution in [1.82, 2.24) is 4.90 Å². The summed E-state index contributed by atoms with van der Waals surface area (Å²) in [5, 5.41) is 0. The number of nitrogens with zero attached hydrogens (tertiary/aromatic N) is 1. The highest BCUT2D eigenvalue weighted by Gasteiger charge is 2.43. The van der Waals surface area contributed by atoms with Gasteiger partial charge >= 0.3 is 0 Å². The first-order chi connectivity index (χ1) is 9.64. The molecule has 1 aromatic heterocycles. The van der Waals surface area contributed by atoms with Gasteiger partial charge in [0.25, 0.3) is 0 Å². The number of hydrogen-bond donors (Lipinski definition) is 0. The maximum Gasteiger partial charge on any atom is 0.150 e. The summed E-state index contributed by atoms with van der Waals surface area (Å²) in [6.07, 6.45) is 0. The van der Waals surface area contributed by atoms with Gasteiger partial charge in [-0.15, -0.1) is 0 Å². The van der Waals surface area contributed by atoms with Gasteiger partial charge in [0.1, 0.15) is 11.5 Å². The van der Waals surface area contributed by atoms with E-state index in [-0.39, 0.29) is 5.41 Å². The second-order valence-corrected chi connectivity index (χ2v) is 9.89. The minimum atomic E-state index is -2.77.